The van der Waals surface area contributed by atoms with Gasteiger partial charge in [-0.25, -0.2) is 31.7 Å². The molecule has 3 aliphatic carbocycles. The van der Waals surface area contributed by atoms with Crippen LogP contribution in [0, 0.1) is 35.9 Å². The highest BCUT2D eigenvalue weighted by atomic mass is 35.5. The van der Waals surface area contributed by atoms with Gasteiger partial charge >= 0.3 is 0 Å². The smallest absolute Gasteiger partial charge is 0.269 e. The van der Waals surface area contributed by atoms with Gasteiger partial charge < -0.3 is 10.4 Å². The van der Waals surface area contributed by atoms with Crippen molar-refractivity contribution in [2.45, 2.75) is 44.6 Å². The summed E-state index contributed by atoms with van der Waals surface area (Å²) in [7, 11) is -4.01. The van der Waals surface area contributed by atoms with E-state index in [9.17, 15) is 13.5 Å². The van der Waals surface area contributed by atoms with E-state index >= 15 is 4.39 Å². The fourth-order valence-corrected chi connectivity index (χ4v) is 7.79. The van der Waals surface area contributed by atoms with Crippen LogP contribution in [0.5, 0.6) is 0 Å². The maximum absolute atomic E-state index is 15.0. The third-order valence-electron chi connectivity index (χ3n) is 8.75. The lowest BCUT2D eigenvalue weighted by Crippen LogP contribution is -2.61. The first-order valence-corrected chi connectivity index (χ1v) is 14.7. The van der Waals surface area contributed by atoms with Crippen LogP contribution in [0.1, 0.15) is 32.3 Å². The molecule has 7 rings (SSSR count). The Morgan fingerprint density at radius 2 is 1.92 bits per heavy atom. The van der Waals surface area contributed by atoms with E-state index in [0.29, 0.717) is 21.9 Å². The molecular weight excluding hydrogens is 541 g/mol. The van der Waals surface area contributed by atoms with Crippen molar-refractivity contribution in [3.05, 3.63) is 65.3 Å². The molecular formula is C28H29ClFN5O3S. The minimum atomic E-state index is -4.01. The predicted octanol–water partition coefficient (Wildman–Crippen LogP) is 5.29. The molecule has 3 heterocycles. The van der Waals surface area contributed by atoms with Crippen LogP contribution in [0.3, 0.4) is 0 Å². The van der Waals surface area contributed by atoms with Crippen LogP contribution in [-0.2, 0) is 10.0 Å². The average molecular weight is 570 g/mol. The van der Waals surface area contributed by atoms with Gasteiger partial charge in [0.2, 0.25) is 0 Å². The molecule has 3 aliphatic rings. The Balaban J connectivity index is 1.44. The van der Waals surface area contributed by atoms with Gasteiger partial charge in [0.25, 0.3) is 10.0 Å². The summed E-state index contributed by atoms with van der Waals surface area (Å²) in [5.41, 5.74) is 1.53. The Morgan fingerprint density at radius 3 is 2.62 bits per heavy atom. The number of nitrogens with one attached hydrogen (secondary N) is 1. The van der Waals surface area contributed by atoms with Gasteiger partial charge in [-0.2, -0.15) is 0 Å². The van der Waals surface area contributed by atoms with E-state index in [1.165, 1.54) is 24.5 Å². The Kier molecular flexibility index (Phi) is 6.20. The van der Waals surface area contributed by atoms with Crippen LogP contribution < -0.4 is 5.32 Å². The summed E-state index contributed by atoms with van der Waals surface area (Å²) in [6.07, 6.45) is 5.74. The van der Waals surface area contributed by atoms with Gasteiger partial charge in [-0.15, -0.1) is 0 Å². The second kappa shape index (κ2) is 9.25. The quantitative estimate of drug-likeness (QED) is 0.325. The molecule has 0 saturated heterocycles. The van der Waals surface area contributed by atoms with Crippen molar-refractivity contribution in [3.8, 4) is 11.4 Å². The van der Waals surface area contributed by atoms with Crippen molar-refractivity contribution in [2.75, 3.05) is 11.9 Å². The van der Waals surface area contributed by atoms with Crippen LogP contribution in [0.4, 0.5) is 10.2 Å². The van der Waals surface area contributed by atoms with E-state index in [-0.39, 0.29) is 52.1 Å². The van der Waals surface area contributed by atoms with Crippen molar-refractivity contribution in [1.82, 2.24) is 18.9 Å². The van der Waals surface area contributed by atoms with Crippen molar-refractivity contribution >= 4 is 38.5 Å². The number of aliphatic hydroxyl groups is 1. The Labute approximate surface area is 231 Å². The molecule has 0 aliphatic heterocycles. The zero-order valence-electron chi connectivity index (χ0n) is 21.8. The van der Waals surface area contributed by atoms with E-state index in [1.807, 2.05) is 6.92 Å². The first-order valence-electron chi connectivity index (χ1n) is 12.9. The number of fused-ring (bicyclic) bond motifs is 3. The molecule has 2 unspecified atom stereocenters. The first kappa shape index (κ1) is 26.2. The zero-order valence-corrected chi connectivity index (χ0v) is 23.3. The number of benzene rings is 1. The standard InChI is InChI=1S/C28H29ClFN5O3S/c1-15-4-6-19(7-5-15)39(37,38)35-13-21(20-10-18(29)11-32-27(20)35)25-31-12-23(30)26(34-25)33-24-16(14-36)8-17-9-22(24)28(17,2)3/h4-7,10-13,16-17,22,24,36H,8-9,14H2,1-3H3,(H,31,33,34)/t16-,17?,22+,24?/m1/s1. The van der Waals surface area contributed by atoms with Gasteiger partial charge in [0.1, 0.15) is 0 Å². The first-order chi connectivity index (χ1) is 18.5. The van der Waals surface area contributed by atoms with Gasteiger partial charge in [-0.3, -0.25) is 0 Å². The van der Waals surface area contributed by atoms with Crippen molar-refractivity contribution in [1.29, 1.82) is 0 Å². The van der Waals surface area contributed by atoms with Crippen molar-refractivity contribution in [2.24, 2.45) is 23.2 Å². The topological polar surface area (TPSA) is 110 Å². The summed E-state index contributed by atoms with van der Waals surface area (Å²) in [6, 6.07) is 7.97. The summed E-state index contributed by atoms with van der Waals surface area (Å²) < 4.78 is 43.3. The third kappa shape index (κ3) is 4.20. The minimum absolute atomic E-state index is 0.00876. The number of hydrogen-bond donors (Lipinski definition) is 2. The van der Waals surface area contributed by atoms with Crippen LogP contribution in [0.15, 0.2) is 53.8 Å². The molecule has 0 spiro atoms. The third-order valence-corrected chi connectivity index (χ3v) is 10.6. The molecule has 4 aromatic rings. The number of aryl methyl sites for hydroxylation is 1. The monoisotopic (exact) mass is 569 g/mol. The van der Waals surface area contributed by atoms with Crippen molar-refractivity contribution < 1.29 is 17.9 Å². The molecule has 39 heavy (non-hydrogen) atoms. The number of hydrogen-bond acceptors (Lipinski definition) is 7. The molecule has 1 aromatic carbocycles. The number of nitrogens with zero attached hydrogens (tertiary/aromatic N) is 4. The Hall–Kier alpha value is -3.08. The number of rotatable bonds is 6. The van der Waals surface area contributed by atoms with Crippen LogP contribution in [0.25, 0.3) is 22.4 Å². The van der Waals surface area contributed by atoms with E-state index in [4.69, 9.17) is 11.6 Å². The predicted molar refractivity (Wildman–Crippen MR) is 147 cm³/mol. The number of pyridine rings is 1. The summed E-state index contributed by atoms with van der Waals surface area (Å²) in [5, 5.41) is 14.0. The summed E-state index contributed by atoms with van der Waals surface area (Å²) >= 11 is 6.24. The fraction of sp³-hybridized carbons (Fsp3) is 0.393. The van der Waals surface area contributed by atoms with Gasteiger partial charge in [0, 0.05) is 41.9 Å². The lowest BCUT2D eigenvalue weighted by atomic mass is 9.45. The van der Waals surface area contributed by atoms with Gasteiger partial charge in [-0.1, -0.05) is 43.1 Å². The van der Waals surface area contributed by atoms with E-state index in [2.05, 4.69) is 34.1 Å². The lowest BCUT2D eigenvalue weighted by molar-refractivity contribution is -0.107. The molecule has 3 fully saturated rings. The van der Waals surface area contributed by atoms with Gasteiger partial charge in [0.15, 0.2) is 23.1 Å². The van der Waals surface area contributed by atoms with Crippen LogP contribution in [0.2, 0.25) is 5.02 Å². The SMILES string of the molecule is Cc1ccc(S(=O)(=O)n2cc(-c3ncc(F)c(NC4[C@@H](CO)CC5C[C@@H]4C5(C)C)n3)c3cc(Cl)cnc32)cc1. The van der Waals surface area contributed by atoms with Gasteiger partial charge in [0.05, 0.1) is 16.1 Å². The Morgan fingerprint density at radius 1 is 1.18 bits per heavy atom. The van der Waals surface area contributed by atoms with E-state index < -0.39 is 15.8 Å². The van der Waals surface area contributed by atoms with E-state index in [0.717, 1.165) is 28.6 Å². The molecule has 3 saturated carbocycles. The highest BCUT2D eigenvalue weighted by molar-refractivity contribution is 7.90. The molecule has 0 radical (unpaired) electrons. The molecule has 3 aromatic heterocycles. The lowest BCUT2D eigenvalue weighted by Gasteiger charge is -2.62. The second-order valence-corrected chi connectivity index (χ2v) is 13.5. The largest absolute Gasteiger partial charge is 0.396 e. The molecule has 204 valence electrons. The molecule has 8 nitrogen and oxygen atoms in total. The number of halogens is 2. The second-order valence-electron chi connectivity index (χ2n) is 11.3. The van der Waals surface area contributed by atoms with Gasteiger partial charge in [-0.05, 0) is 55.2 Å². The summed E-state index contributed by atoms with van der Waals surface area (Å²) in [6.45, 7) is 6.32. The summed E-state index contributed by atoms with van der Waals surface area (Å²) in [5.74, 6) is 0.332. The Bertz CT molecular complexity index is 1690. The minimum Gasteiger partial charge on any atom is -0.396 e. The van der Waals surface area contributed by atoms with Crippen molar-refractivity contribution in [3.63, 3.8) is 0 Å². The maximum Gasteiger partial charge on any atom is 0.269 e. The number of aliphatic hydroxyl groups excluding tert-OH is 1. The molecule has 0 amide bonds. The maximum atomic E-state index is 15.0. The number of aromatic nitrogens is 4. The van der Waals surface area contributed by atoms with Crippen LogP contribution in [-0.4, -0.2) is 45.1 Å². The van der Waals surface area contributed by atoms with Crippen LogP contribution >= 0.6 is 11.6 Å². The molecule has 11 heteroatoms. The normalized spacial score (nSPS) is 23.9. The highest BCUT2D eigenvalue weighted by Gasteiger charge is 2.57. The fourth-order valence-electron chi connectivity index (χ4n) is 6.31. The highest BCUT2D eigenvalue weighted by Crippen LogP contribution is 2.61. The average Bonchev–Trinajstić information content (AvgIpc) is 3.29. The molecule has 4 atom stereocenters. The molecule has 2 N–H and O–H groups in total. The summed E-state index contributed by atoms with van der Waals surface area (Å²) in [4.78, 5) is 13.1. The van der Waals surface area contributed by atoms with E-state index in [1.54, 1.807) is 18.2 Å². The molecule has 2 bridgehead atoms. The zero-order chi connectivity index (χ0) is 27.7. The number of anilines is 1.